The minimum Gasteiger partial charge on any atom is -0.497 e. The fourth-order valence-corrected chi connectivity index (χ4v) is 4.30. The van der Waals surface area contributed by atoms with Crippen molar-refractivity contribution in [3.63, 3.8) is 0 Å². The normalized spacial score (nSPS) is 15.1. The van der Waals surface area contributed by atoms with E-state index in [2.05, 4.69) is 21.2 Å². The van der Waals surface area contributed by atoms with Gasteiger partial charge in [0.25, 0.3) is 5.91 Å². The molecule has 150 valence electrons. The number of halogens is 1. The fraction of sp³-hybridized carbons (Fsp3) is 0.190. The van der Waals surface area contributed by atoms with Crippen LogP contribution in [0.3, 0.4) is 0 Å². The lowest BCUT2D eigenvalue weighted by Gasteiger charge is -2.14. The first-order valence-corrected chi connectivity index (χ1v) is 10.9. The minimum absolute atomic E-state index is 0.115. The van der Waals surface area contributed by atoms with Gasteiger partial charge in [-0.1, -0.05) is 58.1 Å². The van der Waals surface area contributed by atoms with Gasteiger partial charge in [-0.05, 0) is 42.3 Å². The average molecular weight is 491 g/mol. The molecule has 0 bridgehead atoms. The van der Waals surface area contributed by atoms with E-state index in [-0.39, 0.29) is 11.8 Å². The number of thiocarbonyl (C=S) groups is 1. The molecule has 1 aliphatic rings. The molecule has 0 aromatic heterocycles. The molecule has 1 fully saturated rings. The van der Waals surface area contributed by atoms with E-state index in [9.17, 15) is 9.59 Å². The molecule has 1 aliphatic heterocycles. The molecular weight excluding hydrogens is 472 g/mol. The molecule has 0 aliphatic carbocycles. The van der Waals surface area contributed by atoms with Crippen LogP contribution in [0.2, 0.25) is 0 Å². The summed E-state index contributed by atoms with van der Waals surface area (Å²) in [5.41, 5.74) is 1.61. The average Bonchev–Trinajstić information content (AvgIpc) is 2.97. The molecule has 1 heterocycles. The molecule has 0 unspecified atom stereocenters. The summed E-state index contributed by atoms with van der Waals surface area (Å²) >= 11 is 10.0. The molecule has 1 N–H and O–H groups in total. The molecule has 0 atom stereocenters. The number of thioether (sulfide) groups is 1. The van der Waals surface area contributed by atoms with Gasteiger partial charge in [0.05, 0.1) is 12.0 Å². The third-order valence-corrected chi connectivity index (χ3v) is 6.09. The van der Waals surface area contributed by atoms with Gasteiger partial charge in [-0.25, -0.2) is 0 Å². The number of amides is 2. The number of anilines is 1. The summed E-state index contributed by atoms with van der Waals surface area (Å²) in [5.74, 6) is 0.447. The lowest BCUT2D eigenvalue weighted by atomic mass is 10.2. The SMILES string of the molecule is COc1cccc(NC(=O)CCCN2C(=O)/C(=C\c3ccc(Br)cc3)SC2=S)c1. The largest absolute Gasteiger partial charge is 0.497 e. The number of carbonyl (C=O) groups is 2. The molecule has 0 saturated carbocycles. The van der Waals surface area contributed by atoms with Crippen LogP contribution in [0.1, 0.15) is 18.4 Å². The van der Waals surface area contributed by atoms with Crippen molar-refractivity contribution in [1.82, 2.24) is 4.90 Å². The second kappa shape index (κ2) is 10.0. The van der Waals surface area contributed by atoms with Crippen LogP contribution in [0.25, 0.3) is 6.08 Å². The number of nitrogens with one attached hydrogen (secondary N) is 1. The number of ether oxygens (including phenoxy) is 1. The van der Waals surface area contributed by atoms with Crippen LogP contribution in [-0.2, 0) is 9.59 Å². The summed E-state index contributed by atoms with van der Waals surface area (Å²) in [6.45, 7) is 0.411. The molecule has 8 heteroatoms. The first kappa shape index (κ1) is 21.5. The number of rotatable bonds is 7. The molecule has 0 spiro atoms. The fourth-order valence-electron chi connectivity index (χ4n) is 2.73. The Morgan fingerprint density at radius 3 is 2.76 bits per heavy atom. The first-order chi connectivity index (χ1) is 14.0. The summed E-state index contributed by atoms with van der Waals surface area (Å²) in [6, 6.07) is 14.9. The smallest absolute Gasteiger partial charge is 0.266 e. The number of carbonyl (C=O) groups excluding carboxylic acids is 2. The molecule has 2 amide bonds. The van der Waals surface area contributed by atoms with Gasteiger partial charge in [0.15, 0.2) is 0 Å². The maximum atomic E-state index is 12.7. The van der Waals surface area contributed by atoms with E-state index in [1.54, 1.807) is 24.1 Å². The van der Waals surface area contributed by atoms with Crippen molar-refractivity contribution in [2.24, 2.45) is 0 Å². The van der Waals surface area contributed by atoms with Crippen LogP contribution in [0.5, 0.6) is 5.75 Å². The van der Waals surface area contributed by atoms with Crippen LogP contribution < -0.4 is 10.1 Å². The van der Waals surface area contributed by atoms with Crippen molar-refractivity contribution in [1.29, 1.82) is 0 Å². The zero-order valence-electron chi connectivity index (χ0n) is 15.7. The lowest BCUT2D eigenvalue weighted by molar-refractivity contribution is -0.122. The molecule has 2 aromatic carbocycles. The second-order valence-electron chi connectivity index (χ2n) is 6.27. The highest BCUT2D eigenvalue weighted by atomic mass is 79.9. The van der Waals surface area contributed by atoms with Crippen LogP contribution in [0.15, 0.2) is 57.9 Å². The Balaban J connectivity index is 1.52. The summed E-state index contributed by atoms with van der Waals surface area (Å²) in [5, 5.41) is 2.83. The molecule has 2 aromatic rings. The van der Waals surface area contributed by atoms with E-state index >= 15 is 0 Å². The zero-order valence-corrected chi connectivity index (χ0v) is 18.9. The Morgan fingerprint density at radius 1 is 1.28 bits per heavy atom. The zero-order chi connectivity index (χ0) is 20.8. The Labute approximate surface area is 187 Å². The third-order valence-electron chi connectivity index (χ3n) is 4.18. The monoisotopic (exact) mass is 490 g/mol. The number of hydrogen-bond acceptors (Lipinski definition) is 5. The van der Waals surface area contributed by atoms with Crippen LogP contribution in [0.4, 0.5) is 5.69 Å². The van der Waals surface area contributed by atoms with Crippen molar-refractivity contribution < 1.29 is 14.3 Å². The quantitative estimate of drug-likeness (QED) is 0.433. The van der Waals surface area contributed by atoms with E-state index < -0.39 is 0 Å². The number of hydrogen-bond donors (Lipinski definition) is 1. The Morgan fingerprint density at radius 2 is 2.03 bits per heavy atom. The van der Waals surface area contributed by atoms with Crippen molar-refractivity contribution in [3.8, 4) is 5.75 Å². The standard InChI is InChI=1S/C21H19BrN2O3S2/c1-27-17-5-2-4-16(13-17)23-19(25)6-3-11-24-20(26)18(29-21(24)28)12-14-7-9-15(22)10-8-14/h2,4-5,7-10,12-13H,3,6,11H2,1H3,(H,23,25)/b18-12+. The Kier molecular flexibility index (Phi) is 7.46. The van der Waals surface area contributed by atoms with E-state index in [1.165, 1.54) is 11.8 Å². The van der Waals surface area contributed by atoms with Crippen molar-refractivity contribution in [2.75, 3.05) is 19.0 Å². The molecule has 5 nitrogen and oxygen atoms in total. The van der Waals surface area contributed by atoms with Gasteiger partial charge < -0.3 is 10.1 Å². The second-order valence-corrected chi connectivity index (χ2v) is 8.86. The molecule has 29 heavy (non-hydrogen) atoms. The van der Waals surface area contributed by atoms with Gasteiger partial charge in [0, 0.05) is 29.2 Å². The Hall–Kier alpha value is -2.16. The molecular formula is C21H19BrN2O3S2. The van der Waals surface area contributed by atoms with Gasteiger partial charge in [0.1, 0.15) is 10.1 Å². The molecule has 3 rings (SSSR count). The highest BCUT2D eigenvalue weighted by Gasteiger charge is 2.31. The maximum Gasteiger partial charge on any atom is 0.266 e. The van der Waals surface area contributed by atoms with Crippen LogP contribution >= 0.6 is 39.9 Å². The summed E-state index contributed by atoms with van der Waals surface area (Å²) < 4.78 is 6.65. The van der Waals surface area contributed by atoms with Crippen LogP contribution in [-0.4, -0.2) is 34.7 Å². The van der Waals surface area contributed by atoms with E-state index in [0.717, 1.165) is 10.0 Å². The van der Waals surface area contributed by atoms with E-state index in [4.69, 9.17) is 17.0 Å². The highest BCUT2D eigenvalue weighted by molar-refractivity contribution is 9.10. The third kappa shape index (κ3) is 5.91. The summed E-state index contributed by atoms with van der Waals surface area (Å²) in [4.78, 5) is 27.0. The predicted octanol–water partition coefficient (Wildman–Crippen LogP) is 5.08. The number of nitrogens with zero attached hydrogens (tertiary/aromatic N) is 1. The van der Waals surface area contributed by atoms with Crippen LogP contribution in [0, 0.1) is 0 Å². The maximum absolute atomic E-state index is 12.7. The lowest BCUT2D eigenvalue weighted by Crippen LogP contribution is -2.29. The van der Waals surface area contributed by atoms with Gasteiger partial charge in [-0.15, -0.1) is 0 Å². The van der Waals surface area contributed by atoms with Crippen molar-refractivity contribution >= 4 is 67.8 Å². The topological polar surface area (TPSA) is 58.6 Å². The van der Waals surface area contributed by atoms with Crippen molar-refractivity contribution in [3.05, 3.63) is 63.5 Å². The minimum atomic E-state index is -0.117. The predicted molar refractivity (Wildman–Crippen MR) is 125 cm³/mol. The number of methoxy groups -OCH3 is 1. The van der Waals surface area contributed by atoms with Gasteiger partial charge in [0.2, 0.25) is 5.91 Å². The molecule has 1 saturated heterocycles. The van der Waals surface area contributed by atoms with E-state index in [1.807, 2.05) is 42.5 Å². The summed E-state index contributed by atoms with van der Waals surface area (Å²) in [6.07, 6.45) is 2.65. The Bertz CT molecular complexity index is 961. The highest BCUT2D eigenvalue weighted by Crippen LogP contribution is 2.33. The van der Waals surface area contributed by atoms with Gasteiger partial charge >= 0.3 is 0 Å². The van der Waals surface area contributed by atoms with Gasteiger partial charge in [-0.2, -0.15) is 0 Å². The van der Waals surface area contributed by atoms with Gasteiger partial charge in [-0.3, -0.25) is 14.5 Å². The van der Waals surface area contributed by atoms with E-state index in [0.29, 0.717) is 40.0 Å². The number of benzene rings is 2. The first-order valence-electron chi connectivity index (χ1n) is 8.91. The summed E-state index contributed by atoms with van der Waals surface area (Å²) in [7, 11) is 1.58. The van der Waals surface area contributed by atoms with Crippen molar-refractivity contribution in [2.45, 2.75) is 12.8 Å². The molecule has 0 radical (unpaired) electrons.